The molecule has 0 amide bonds. The molecule has 9 nitrogen and oxygen atoms in total. The summed E-state index contributed by atoms with van der Waals surface area (Å²) in [6.45, 7) is 7.27. The Kier molecular flexibility index (Phi) is 27.4. The maximum atomic E-state index is 8.88. The number of ether oxygens (including phenoxy) is 1. The number of rotatable bonds is 12. The van der Waals surface area contributed by atoms with Crippen LogP contribution in [0.3, 0.4) is 0 Å². The topological polar surface area (TPSA) is 160 Å². The lowest BCUT2D eigenvalue weighted by Crippen LogP contribution is -2.21. The highest BCUT2D eigenvalue weighted by molar-refractivity contribution is 7.45. The third-order valence-corrected chi connectivity index (χ3v) is 2.71. The highest BCUT2D eigenvalue weighted by Gasteiger charge is 2.04. The van der Waals surface area contributed by atoms with Crippen LogP contribution in [0, 0.1) is 5.92 Å². The predicted molar refractivity (Wildman–Crippen MR) is 92.5 cm³/mol. The zero-order chi connectivity index (χ0) is 19.3. The standard InChI is InChI=1S/C10H22O2.C4H11NO2.H3O4P/c1-3-5-6-10(4-2)9-12-8-7-11;6-3-1-5-2-4-7;1-5(2,3)4/h10-11H,3-9H2,1-2H3;5-7H,1-4H2;(H3,1,2,3,4). The number of hydrogen-bond acceptors (Lipinski definition) is 6. The molecule has 0 saturated carbocycles. The van der Waals surface area contributed by atoms with E-state index in [2.05, 4.69) is 19.2 Å². The van der Waals surface area contributed by atoms with Crippen molar-refractivity contribution in [3.63, 3.8) is 0 Å². The number of nitrogens with one attached hydrogen (secondary N) is 1. The fourth-order valence-corrected chi connectivity index (χ4v) is 1.50. The van der Waals surface area contributed by atoms with Gasteiger partial charge in [-0.2, -0.15) is 0 Å². The van der Waals surface area contributed by atoms with Crippen molar-refractivity contribution in [3.05, 3.63) is 0 Å². The minimum absolute atomic E-state index is 0.139. The average Bonchev–Trinajstić information content (AvgIpc) is 2.50. The van der Waals surface area contributed by atoms with Gasteiger partial charge in [0.15, 0.2) is 0 Å². The summed E-state index contributed by atoms with van der Waals surface area (Å²) in [5.41, 5.74) is 0. The molecule has 7 N–H and O–H groups in total. The van der Waals surface area contributed by atoms with Crippen molar-refractivity contribution >= 4 is 7.82 Å². The lowest BCUT2D eigenvalue weighted by molar-refractivity contribution is 0.0640. The summed E-state index contributed by atoms with van der Waals surface area (Å²) in [4.78, 5) is 21.6. The summed E-state index contributed by atoms with van der Waals surface area (Å²) in [7, 11) is -4.64. The van der Waals surface area contributed by atoms with Crippen LogP contribution in [0.15, 0.2) is 0 Å². The second-order valence-corrected chi connectivity index (χ2v) is 5.95. The van der Waals surface area contributed by atoms with Gasteiger partial charge in [-0.25, -0.2) is 4.57 Å². The van der Waals surface area contributed by atoms with Crippen molar-refractivity contribution in [2.24, 2.45) is 5.92 Å². The Labute approximate surface area is 144 Å². The quantitative estimate of drug-likeness (QED) is 0.181. The van der Waals surface area contributed by atoms with E-state index < -0.39 is 7.82 Å². The molecule has 10 heteroatoms. The Balaban J connectivity index is -0.000000311. The van der Waals surface area contributed by atoms with Crippen molar-refractivity contribution in [2.75, 3.05) is 46.1 Å². The molecule has 0 aliphatic rings. The van der Waals surface area contributed by atoms with Gasteiger partial charge in [-0.1, -0.05) is 33.1 Å². The predicted octanol–water partition coefficient (Wildman–Crippen LogP) is -0.156. The van der Waals surface area contributed by atoms with Gasteiger partial charge in [-0.15, -0.1) is 0 Å². The van der Waals surface area contributed by atoms with Gasteiger partial charge in [0.05, 0.1) is 26.4 Å². The summed E-state index contributed by atoms with van der Waals surface area (Å²) >= 11 is 0. The molecule has 24 heavy (non-hydrogen) atoms. The molecular formula is C14H36NO8P. The molecule has 0 aromatic rings. The number of unbranched alkanes of at least 4 members (excludes halogenated alkanes) is 1. The zero-order valence-corrected chi connectivity index (χ0v) is 15.7. The van der Waals surface area contributed by atoms with Crippen LogP contribution >= 0.6 is 7.82 Å². The Hall–Kier alpha value is -0.0900. The van der Waals surface area contributed by atoms with Crippen LogP contribution in [0.25, 0.3) is 0 Å². The van der Waals surface area contributed by atoms with Gasteiger partial charge in [0.1, 0.15) is 0 Å². The molecular weight excluding hydrogens is 341 g/mol. The molecule has 0 aliphatic carbocycles. The molecule has 0 spiro atoms. The second-order valence-electron chi connectivity index (χ2n) is 4.93. The Bertz CT molecular complexity index is 253. The first-order valence-electron chi connectivity index (χ1n) is 8.15. The Morgan fingerprint density at radius 3 is 1.83 bits per heavy atom. The first-order valence-corrected chi connectivity index (χ1v) is 9.72. The van der Waals surface area contributed by atoms with Crippen molar-refractivity contribution in [1.29, 1.82) is 0 Å². The van der Waals surface area contributed by atoms with E-state index in [4.69, 9.17) is 39.3 Å². The van der Waals surface area contributed by atoms with E-state index in [-0.39, 0.29) is 19.8 Å². The number of aliphatic hydroxyl groups excluding tert-OH is 3. The molecule has 0 saturated heterocycles. The number of phosphoric acid groups is 1. The average molecular weight is 377 g/mol. The van der Waals surface area contributed by atoms with Crippen LogP contribution in [0.2, 0.25) is 0 Å². The van der Waals surface area contributed by atoms with Crippen LogP contribution in [-0.4, -0.2) is 76.1 Å². The van der Waals surface area contributed by atoms with E-state index in [0.29, 0.717) is 25.6 Å². The van der Waals surface area contributed by atoms with Gasteiger partial charge in [-0.05, 0) is 12.3 Å². The van der Waals surface area contributed by atoms with E-state index in [1.54, 1.807) is 0 Å². The van der Waals surface area contributed by atoms with Crippen molar-refractivity contribution < 1.29 is 39.3 Å². The van der Waals surface area contributed by atoms with Gasteiger partial charge in [0.25, 0.3) is 0 Å². The summed E-state index contributed by atoms with van der Waals surface area (Å²) in [5.74, 6) is 0.691. The maximum Gasteiger partial charge on any atom is 0.466 e. The first kappa shape index (κ1) is 28.7. The highest BCUT2D eigenvalue weighted by Crippen LogP contribution is 2.25. The van der Waals surface area contributed by atoms with Crippen LogP contribution < -0.4 is 5.32 Å². The van der Waals surface area contributed by atoms with Crippen LogP contribution in [0.5, 0.6) is 0 Å². The van der Waals surface area contributed by atoms with Gasteiger partial charge in [0, 0.05) is 19.7 Å². The SMILES string of the molecule is CCCCC(CC)COCCO.O=P(O)(O)O.OCCNCCO. The first-order chi connectivity index (χ1) is 11.3. The molecule has 1 atom stereocenters. The van der Waals surface area contributed by atoms with Gasteiger partial charge in [0.2, 0.25) is 0 Å². The molecule has 0 bridgehead atoms. The molecule has 0 fully saturated rings. The van der Waals surface area contributed by atoms with Gasteiger partial charge < -0.3 is 40.1 Å². The smallest absolute Gasteiger partial charge is 0.395 e. The largest absolute Gasteiger partial charge is 0.466 e. The van der Waals surface area contributed by atoms with Gasteiger partial charge >= 0.3 is 7.82 Å². The van der Waals surface area contributed by atoms with Crippen molar-refractivity contribution in [3.8, 4) is 0 Å². The van der Waals surface area contributed by atoms with E-state index in [9.17, 15) is 0 Å². The van der Waals surface area contributed by atoms with E-state index in [0.717, 1.165) is 6.61 Å². The summed E-state index contributed by atoms with van der Waals surface area (Å²) in [6.07, 6.45) is 5.00. The Morgan fingerprint density at radius 1 is 1.00 bits per heavy atom. The summed E-state index contributed by atoms with van der Waals surface area (Å²) in [6, 6.07) is 0. The third-order valence-electron chi connectivity index (χ3n) is 2.71. The second kappa shape index (κ2) is 22.9. The normalized spacial score (nSPS) is 11.8. The molecule has 0 aliphatic heterocycles. The minimum atomic E-state index is -4.64. The van der Waals surface area contributed by atoms with Crippen LogP contribution in [-0.2, 0) is 9.30 Å². The molecule has 1 unspecified atom stereocenters. The number of hydrogen-bond donors (Lipinski definition) is 7. The van der Waals surface area contributed by atoms with Crippen molar-refractivity contribution in [1.82, 2.24) is 5.32 Å². The molecule has 0 rings (SSSR count). The molecule has 0 radical (unpaired) electrons. The fourth-order valence-electron chi connectivity index (χ4n) is 1.50. The minimum Gasteiger partial charge on any atom is -0.395 e. The lowest BCUT2D eigenvalue weighted by Gasteiger charge is -2.13. The fraction of sp³-hybridized carbons (Fsp3) is 1.00. The lowest BCUT2D eigenvalue weighted by atomic mass is 10.0. The highest BCUT2D eigenvalue weighted by atomic mass is 31.2. The third kappa shape index (κ3) is 43.1. The zero-order valence-electron chi connectivity index (χ0n) is 14.8. The van der Waals surface area contributed by atoms with E-state index in [1.807, 2.05) is 0 Å². The van der Waals surface area contributed by atoms with Crippen LogP contribution in [0.4, 0.5) is 0 Å². The van der Waals surface area contributed by atoms with Crippen molar-refractivity contribution in [2.45, 2.75) is 39.5 Å². The summed E-state index contributed by atoms with van der Waals surface area (Å²) in [5, 5.41) is 27.6. The van der Waals surface area contributed by atoms with Crippen LogP contribution in [0.1, 0.15) is 39.5 Å². The number of aliphatic hydroxyl groups is 3. The van der Waals surface area contributed by atoms with E-state index >= 15 is 0 Å². The molecule has 0 aromatic heterocycles. The van der Waals surface area contributed by atoms with E-state index in [1.165, 1.54) is 25.7 Å². The monoisotopic (exact) mass is 377 g/mol. The van der Waals surface area contributed by atoms with Gasteiger partial charge in [-0.3, -0.25) is 0 Å². The Morgan fingerprint density at radius 2 is 1.50 bits per heavy atom. The summed E-state index contributed by atoms with van der Waals surface area (Å²) < 4.78 is 14.2. The molecule has 150 valence electrons. The maximum absolute atomic E-state index is 8.88. The molecule has 0 heterocycles. The molecule has 0 aromatic carbocycles.